The largest absolute Gasteiger partial charge is 0.750 e. The van der Waals surface area contributed by atoms with Gasteiger partial charge in [-0.15, -0.1) is 0 Å². The van der Waals surface area contributed by atoms with Crippen molar-refractivity contribution in [2.45, 2.75) is 6.16 Å². The van der Waals surface area contributed by atoms with Gasteiger partial charge >= 0.3 is 0 Å². The van der Waals surface area contributed by atoms with E-state index in [1.807, 2.05) is 0 Å². The molecular weight excluding hydrogens is 411 g/mol. The molecule has 0 saturated carbocycles. The third-order valence-electron chi connectivity index (χ3n) is 4.85. The molecule has 4 aromatic carbocycles. The molecule has 0 fully saturated rings. The van der Waals surface area contributed by atoms with Gasteiger partial charge in [0.1, 0.15) is 23.2 Å². The molecule has 0 aromatic heterocycles. The van der Waals surface area contributed by atoms with Crippen LogP contribution >= 0.6 is 7.26 Å². The number of benzene rings is 4. The normalized spacial score (nSPS) is 11.8. The van der Waals surface area contributed by atoms with Crippen LogP contribution in [0.1, 0.15) is 5.56 Å². The second-order valence-corrected chi connectivity index (χ2v) is 10.6. The summed E-state index contributed by atoms with van der Waals surface area (Å²) in [5, 5.41) is 4.30. The highest BCUT2D eigenvalue weighted by Gasteiger charge is 2.45. The van der Waals surface area contributed by atoms with E-state index >= 15 is 0 Å². The second kappa shape index (κ2) is 11.0. The van der Waals surface area contributed by atoms with Crippen LogP contribution in [-0.4, -0.2) is 13.3 Å². The fourth-order valence-electron chi connectivity index (χ4n) is 3.63. The van der Waals surface area contributed by atoms with Gasteiger partial charge in [0, 0.05) is 0 Å². The fraction of sp³-hybridized carbons (Fsp3) is 0.0400. The van der Waals surface area contributed by atoms with Crippen LogP contribution in [0.4, 0.5) is 0 Å². The predicted molar refractivity (Wildman–Crippen MR) is 127 cm³/mol. The van der Waals surface area contributed by atoms with E-state index in [0.717, 1.165) is 6.16 Å². The van der Waals surface area contributed by atoms with Gasteiger partial charge in [-0.25, -0.2) is 4.21 Å². The minimum Gasteiger partial charge on any atom is -0.750 e. The molecular formula is C25H23O3PS. The Morgan fingerprint density at radius 1 is 0.600 bits per heavy atom. The molecule has 0 spiro atoms. The van der Waals surface area contributed by atoms with Gasteiger partial charge in [0.2, 0.25) is 0 Å². The molecule has 0 heterocycles. The Balaban J connectivity index is 0.000000589. The predicted octanol–water partition coefficient (Wildman–Crippen LogP) is 4.52. The Bertz CT molecular complexity index is 942. The third-order valence-corrected chi connectivity index (χ3v) is 9.23. The van der Waals surface area contributed by atoms with Crippen molar-refractivity contribution < 1.29 is 13.3 Å². The van der Waals surface area contributed by atoms with E-state index in [2.05, 4.69) is 121 Å². The van der Waals surface area contributed by atoms with Crippen LogP contribution in [0, 0.1) is 0 Å². The van der Waals surface area contributed by atoms with Crippen LogP contribution in [0.15, 0.2) is 121 Å². The first-order valence-corrected chi connectivity index (χ1v) is 12.5. The number of hydrogen-bond donors (Lipinski definition) is 1. The standard InChI is InChI=1S/C25H22P.H2O3S/c1-5-13-22(14-6-1)21-26(23-15-7-2-8-16-23,24-17-9-3-10-18-24)25-19-11-4-12-20-25;1-4(2)3/h1-20H,21H2;(H2,1,2,3)/q+1;/p-1. The number of rotatable bonds is 5. The van der Waals surface area contributed by atoms with Crippen molar-refractivity contribution in [1.29, 1.82) is 0 Å². The van der Waals surface area contributed by atoms with Gasteiger partial charge in [-0.2, -0.15) is 0 Å². The highest BCUT2D eigenvalue weighted by atomic mass is 32.2. The summed E-state index contributed by atoms with van der Waals surface area (Å²) in [7, 11) is -1.78. The minimum absolute atomic E-state index is 1.03. The van der Waals surface area contributed by atoms with E-state index in [1.54, 1.807) is 0 Å². The molecule has 5 heteroatoms. The lowest BCUT2D eigenvalue weighted by molar-refractivity contribution is 0.436. The summed E-state index contributed by atoms with van der Waals surface area (Å²) in [6.07, 6.45) is 1.03. The molecule has 0 aliphatic heterocycles. The Morgan fingerprint density at radius 3 is 1.17 bits per heavy atom. The summed E-state index contributed by atoms with van der Waals surface area (Å²) >= 11 is -2.86. The third kappa shape index (κ3) is 5.50. The Kier molecular flexibility index (Phi) is 8.06. The van der Waals surface area contributed by atoms with Gasteiger partial charge in [0.05, 0.1) is 17.5 Å². The molecule has 1 unspecified atom stereocenters. The van der Waals surface area contributed by atoms with Crippen LogP contribution in [0.25, 0.3) is 0 Å². The average molecular weight is 434 g/mol. The lowest BCUT2D eigenvalue weighted by atomic mass is 10.2. The lowest BCUT2D eigenvalue weighted by Gasteiger charge is -2.27. The van der Waals surface area contributed by atoms with Crippen molar-refractivity contribution in [1.82, 2.24) is 0 Å². The average Bonchev–Trinajstić information content (AvgIpc) is 2.80. The summed E-state index contributed by atoms with van der Waals surface area (Å²) in [5.41, 5.74) is 1.39. The first-order valence-electron chi connectivity index (χ1n) is 9.50. The zero-order valence-corrected chi connectivity index (χ0v) is 18.1. The first kappa shape index (κ1) is 22.1. The van der Waals surface area contributed by atoms with Crippen LogP contribution in [-0.2, 0) is 17.5 Å². The Hall–Kier alpha value is -2.62. The van der Waals surface area contributed by atoms with E-state index in [4.69, 9.17) is 13.3 Å². The van der Waals surface area contributed by atoms with Gasteiger partial charge in [-0.3, -0.25) is 0 Å². The van der Waals surface area contributed by atoms with Crippen LogP contribution in [0.3, 0.4) is 0 Å². The molecule has 0 radical (unpaired) electrons. The molecule has 1 N–H and O–H groups in total. The van der Waals surface area contributed by atoms with Crippen molar-refractivity contribution >= 4 is 34.5 Å². The first-order chi connectivity index (χ1) is 14.6. The summed E-state index contributed by atoms with van der Waals surface area (Å²) in [6.45, 7) is 0. The SMILES string of the molecule is O=S([O-])O.c1ccc(C[P+](c2ccccc2)(c2ccccc2)c2ccccc2)cc1. The summed E-state index contributed by atoms with van der Waals surface area (Å²) in [6, 6.07) is 44.0. The van der Waals surface area contributed by atoms with Gasteiger partial charge in [0.25, 0.3) is 0 Å². The number of hydrogen-bond acceptors (Lipinski definition) is 2. The topological polar surface area (TPSA) is 60.4 Å². The van der Waals surface area contributed by atoms with Crippen molar-refractivity contribution in [3.05, 3.63) is 127 Å². The quantitative estimate of drug-likeness (QED) is 0.371. The van der Waals surface area contributed by atoms with Crippen molar-refractivity contribution in [2.75, 3.05) is 0 Å². The van der Waals surface area contributed by atoms with Crippen molar-refractivity contribution in [3.8, 4) is 0 Å². The maximum absolute atomic E-state index is 8.56. The minimum atomic E-state index is -2.86. The molecule has 0 aliphatic rings. The molecule has 0 bridgehead atoms. The zero-order chi connectivity index (χ0) is 21.2. The second-order valence-electron chi connectivity index (χ2n) is 6.68. The van der Waals surface area contributed by atoms with E-state index in [1.165, 1.54) is 21.5 Å². The summed E-state index contributed by atoms with van der Waals surface area (Å²) < 4.78 is 24.1. The van der Waals surface area contributed by atoms with E-state index in [0.29, 0.717) is 0 Å². The van der Waals surface area contributed by atoms with Gasteiger partial charge < -0.3 is 9.11 Å². The molecule has 0 amide bonds. The van der Waals surface area contributed by atoms with E-state index in [-0.39, 0.29) is 0 Å². The smallest absolute Gasteiger partial charge is 0.116 e. The molecule has 152 valence electrons. The molecule has 0 aliphatic carbocycles. The summed E-state index contributed by atoms with van der Waals surface area (Å²) in [4.78, 5) is 0. The molecule has 4 aromatic rings. The Morgan fingerprint density at radius 2 is 0.867 bits per heavy atom. The summed E-state index contributed by atoms with van der Waals surface area (Å²) in [5.74, 6) is 0. The van der Waals surface area contributed by atoms with Gasteiger partial charge in [-0.05, 0) is 42.0 Å². The zero-order valence-electron chi connectivity index (χ0n) is 16.4. The molecule has 1 atom stereocenters. The van der Waals surface area contributed by atoms with Crippen molar-refractivity contribution in [2.24, 2.45) is 0 Å². The maximum Gasteiger partial charge on any atom is 0.116 e. The Labute approximate surface area is 180 Å². The van der Waals surface area contributed by atoms with Crippen LogP contribution < -0.4 is 15.9 Å². The van der Waals surface area contributed by atoms with Crippen LogP contribution in [0.2, 0.25) is 0 Å². The van der Waals surface area contributed by atoms with Gasteiger partial charge in [0.15, 0.2) is 0 Å². The van der Waals surface area contributed by atoms with E-state index in [9.17, 15) is 0 Å². The molecule has 3 nitrogen and oxygen atoms in total. The molecule has 4 rings (SSSR count). The molecule has 30 heavy (non-hydrogen) atoms. The van der Waals surface area contributed by atoms with Crippen molar-refractivity contribution in [3.63, 3.8) is 0 Å². The van der Waals surface area contributed by atoms with E-state index < -0.39 is 18.6 Å². The lowest BCUT2D eigenvalue weighted by Crippen LogP contribution is -2.32. The molecule has 0 saturated heterocycles. The maximum atomic E-state index is 8.56. The fourth-order valence-corrected chi connectivity index (χ4v) is 7.87. The van der Waals surface area contributed by atoms with Gasteiger partial charge in [-0.1, -0.05) is 84.9 Å². The van der Waals surface area contributed by atoms with Crippen LogP contribution in [0.5, 0.6) is 0 Å². The highest BCUT2D eigenvalue weighted by molar-refractivity contribution is 7.95. The highest BCUT2D eigenvalue weighted by Crippen LogP contribution is 2.58. The monoisotopic (exact) mass is 434 g/mol.